The number of thioether (sulfide) groups is 1. The second-order valence-electron chi connectivity index (χ2n) is 5.27. The van der Waals surface area contributed by atoms with Crippen molar-refractivity contribution in [2.24, 2.45) is 5.92 Å². The molecule has 0 saturated heterocycles. The molecule has 2 aromatic heterocycles. The van der Waals surface area contributed by atoms with Gasteiger partial charge in [-0.2, -0.15) is 11.8 Å². The van der Waals surface area contributed by atoms with Gasteiger partial charge in [-0.1, -0.05) is 13.0 Å². The third-order valence-corrected chi connectivity index (χ3v) is 4.20. The van der Waals surface area contributed by atoms with Crippen LogP contribution in [0.3, 0.4) is 0 Å². The molecular weight excluding hydrogens is 294 g/mol. The zero-order valence-corrected chi connectivity index (χ0v) is 13.8. The number of amides is 1. The third-order valence-electron chi connectivity index (χ3n) is 3.37. The number of rotatable bonds is 7. The van der Waals surface area contributed by atoms with E-state index in [4.69, 9.17) is 0 Å². The van der Waals surface area contributed by atoms with Crippen molar-refractivity contribution in [3.63, 3.8) is 0 Å². The number of aromatic nitrogens is 2. The molecule has 2 rings (SSSR count). The summed E-state index contributed by atoms with van der Waals surface area (Å²) in [7, 11) is 0. The number of carbonyl (C=O) groups is 1. The van der Waals surface area contributed by atoms with Crippen LogP contribution in [0.5, 0.6) is 0 Å². The van der Waals surface area contributed by atoms with Gasteiger partial charge in [-0.25, -0.2) is 0 Å². The minimum atomic E-state index is 0.00788. The molecule has 5 heteroatoms. The fourth-order valence-electron chi connectivity index (χ4n) is 2.27. The first kappa shape index (κ1) is 16.5. The Morgan fingerprint density at radius 2 is 1.86 bits per heavy atom. The topological polar surface area (TPSA) is 46.1 Å². The lowest BCUT2D eigenvalue weighted by Gasteiger charge is -2.26. The third kappa shape index (κ3) is 4.84. The van der Waals surface area contributed by atoms with E-state index in [0.29, 0.717) is 13.1 Å². The number of pyridine rings is 2. The van der Waals surface area contributed by atoms with Gasteiger partial charge in [-0.3, -0.25) is 14.8 Å². The summed E-state index contributed by atoms with van der Waals surface area (Å²) in [4.78, 5) is 22.8. The molecule has 0 bridgehead atoms. The van der Waals surface area contributed by atoms with Crippen LogP contribution in [0.25, 0.3) is 0 Å². The molecule has 0 radical (unpaired) electrons. The molecule has 116 valence electrons. The summed E-state index contributed by atoms with van der Waals surface area (Å²) in [5.41, 5.74) is 2.13. The summed E-state index contributed by atoms with van der Waals surface area (Å²) < 4.78 is 0. The van der Waals surface area contributed by atoms with E-state index in [-0.39, 0.29) is 11.8 Å². The average Bonchev–Trinajstić information content (AvgIpc) is 2.56. The molecule has 0 aliphatic carbocycles. The SMILES string of the molecule is CSC[C@@H](C)C(=O)N(Cc1ccncc1)Cc1cccnc1. The fraction of sp³-hybridized carbons (Fsp3) is 0.353. The molecule has 1 amide bonds. The van der Waals surface area contributed by atoms with Crippen molar-refractivity contribution < 1.29 is 4.79 Å². The first-order valence-electron chi connectivity index (χ1n) is 7.26. The molecule has 0 fully saturated rings. The van der Waals surface area contributed by atoms with E-state index in [2.05, 4.69) is 9.97 Å². The Morgan fingerprint density at radius 3 is 2.50 bits per heavy atom. The van der Waals surface area contributed by atoms with E-state index in [1.807, 2.05) is 48.5 Å². The second kappa shape index (κ2) is 8.54. The molecule has 0 aliphatic heterocycles. The van der Waals surface area contributed by atoms with Crippen molar-refractivity contribution in [1.82, 2.24) is 14.9 Å². The van der Waals surface area contributed by atoms with Gasteiger partial charge in [0.2, 0.25) is 5.91 Å². The number of hydrogen-bond acceptors (Lipinski definition) is 4. The van der Waals surface area contributed by atoms with Crippen LogP contribution in [0, 0.1) is 5.92 Å². The van der Waals surface area contributed by atoms with E-state index < -0.39 is 0 Å². The highest BCUT2D eigenvalue weighted by Crippen LogP contribution is 2.15. The van der Waals surface area contributed by atoms with Gasteiger partial charge in [-0.15, -0.1) is 0 Å². The maximum Gasteiger partial charge on any atom is 0.226 e. The smallest absolute Gasteiger partial charge is 0.226 e. The monoisotopic (exact) mass is 315 g/mol. The van der Waals surface area contributed by atoms with Crippen LogP contribution >= 0.6 is 11.8 Å². The largest absolute Gasteiger partial charge is 0.334 e. The molecule has 2 aromatic rings. The Balaban J connectivity index is 2.14. The van der Waals surface area contributed by atoms with Crippen molar-refractivity contribution in [1.29, 1.82) is 0 Å². The molecule has 0 aliphatic rings. The van der Waals surface area contributed by atoms with Crippen molar-refractivity contribution >= 4 is 17.7 Å². The van der Waals surface area contributed by atoms with Gasteiger partial charge in [0.05, 0.1) is 0 Å². The van der Waals surface area contributed by atoms with Crippen LogP contribution in [0.15, 0.2) is 49.1 Å². The van der Waals surface area contributed by atoms with E-state index in [1.54, 1.807) is 30.4 Å². The molecule has 1 atom stereocenters. The predicted octanol–water partition coefficient (Wildman–Crippen LogP) is 3.00. The minimum absolute atomic E-state index is 0.00788. The highest BCUT2D eigenvalue weighted by molar-refractivity contribution is 7.98. The molecule has 0 saturated carbocycles. The fourth-order valence-corrected chi connectivity index (χ4v) is 2.91. The Hall–Kier alpha value is -1.88. The van der Waals surface area contributed by atoms with Gasteiger partial charge >= 0.3 is 0 Å². The standard InChI is InChI=1S/C17H21N3OS/c1-14(13-22-2)17(21)20(11-15-5-8-18-9-6-15)12-16-4-3-7-19-10-16/h3-10,14H,11-13H2,1-2H3/t14-/m1/s1. The second-order valence-corrected chi connectivity index (χ2v) is 6.18. The Morgan fingerprint density at radius 1 is 1.14 bits per heavy atom. The van der Waals surface area contributed by atoms with Crippen molar-refractivity contribution in [2.45, 2.75) is 20.0 Å². The quantitative estimate of drug-likeness (QED) is 0.788. The lowest BCUT2D eigenvalue weighted by molar-refractivity contribution is -0.135. The van der Waals surface area contributed by atoms with E-state index in [9.17, 15) is 4.79 Å². The van der Waals surface area contributed by atoms with E-state index >= 15 is 0 Å². The van der Waals surface area contributed by atoms with Crippen molar-refractivity contribution in [3.8, 4) is 0 Å². The van der Waals surface area contributed by atoms with Gasteiger partial charge in [0.25, 0.3) is 0 Å². The Kier molecular flexibility index (Phi) is 6.40. The molecule has 22 heavy (non-hydrogen) atoms. The molecule has 0 unspecified atom stereocenters. The lowest BCUT2D eigenvalue weighted by atomic mass is 10.1. The number of nitrogens with zero attached hydrogens (tertiary/aromatic N) is 3. The minimum Gasteiger partial charge on any atom is -0.334 e. The summed E-state index contributed by atoms with van der Waals surface area (Å²) in [6, 6.07) is 7.79. The zero-order valence-electron chi connectivity index (χ0n) is 13.0. The van der Waals surface area contributed by atoms with E-state index in [1.165, 1.54) is 0 Å². The molecule has 4 nitrogen and oxygen atoms in total. The van der Waals surface area contributed by atoms with Crippen LogP contribution in [-0.2, 0) is 17.9 Å². The number of hydrogen-bond donors (Lipinski definition) is 0. The van der Waals surface area contributed by atoms with Gasteiger partial charge in [0, 0.05) is 49.5 Å². The average molecular weight is 315 g/mol. The van der Waals surface area contributed by atoms with Crippen LogP contribution in [0.1, 0.15) is 18.1 Å². The van der Waals surface area contributed by atoms with Gasteiger partial charge in [0.1, 0.15) is 0 Å². The maximum atomic E-state index is 12.7. The Bertz CT molecular complexity index is 535. The normalized spacial score (nSPS) is 11.9. The summed E-state index contributed by atoms with van der Waals surface area (Å²) in [6.07, 6.45) is 9.10. The molecule has 0 N–H and O–H groups in total. The van der Waals surface area contributed by atoms with Gasteiger partial charge in [-0.05, 0) is 35.6 Å². The first-order chi connectivity index (χ1) is 10.7. The molecule has 2 heterocycles. The van der Waals surface area contributed by atoms with Crippen LogP contribution in [0.2, 0.25) is 0 Å². The van der Waals surface area contributed by atoms with Crippen LogP contribution in [-0.4, -0.2) is 32.8 Å². The first-order valence-corrected chi connectivity index (χ1v) is 8.65. The summed E-state index contributed by atoms with van der Waals surface area (Å²) >= 11 is 1.70. The maximum absolute atomic E-state index is 12.7. The van der Waals surface area contributed by atoms with Crippen LogP contribution < -0.4 is 0 Å². The predicted molar refractivity (Wildman–Crippen MR) is 90.3 cm³/mol. The highest BCUT2D eigenvalue weighted by Gasteiger charge is 2.20. The summed E-state index contributed by atoms with van der Waals surface area (Å²) in [5, 5.41) is 0. The van der Waals surface area contributed by atoms with E-state index in [0.717, 1.165) is 16.9 Å². The molecular formula is C17H21N3OS. The highest BCUT2D eigenvalue weighted by atomic mass is 32.2. The van der Waals surface area contributed by atoms with Gasteiger partial charge in [0.15, 0.2) is 0 Å². The zero-order chi connectivity index (χ0) is 15.8. The lowest BCUT2D eigenvalue weighted by Crippen LogP contribution is -2.35. The number of carbonyl (C=O) groups excluding carboxylic acids is 1. The summed E-state index contributed by atoms with van der Waals surface area (Å²) in [5.74, 6) is 1.02. The Labute approximate surface area is 136 Å². The summed E-state index contributed by atoms with van der Waals surface area (Å²) in [6.45, 7) is 3.16. The van der Waals surface area contributed by atoms with Crippen molar-refractivity contribution in [3.05, 3.63) is 60.2 Å². The van der Waals surface area contributed by atoms with Gasteiger partial charge < -0.3 is 4.90 Å². The molecule has 0 aromatic carbocycles. The molecule has 0 spiro atoms. The van der Waals surface area contributed by atoms with Crippen LogP contribution in [0.4, 0.5) is 0 Å². The van der Waals surface area contributed by atoms with Crippen molar-refractivity contribution in [2.75, 3.05) is 12.0 Å².